The molecule has 1 heterocycles. The summed E-state index contributed by atoms with van der Waals surface area (Å²) in [5.74, 6) is 0.381. The van der Waals surface area contributed by atoms with Crippen LogP contribution in [0.3, 0.4) is 0 Å². The monoisotopic (exact) mass is 650 g/mol. The van der Waals surface area contributed by atoms with Gasteiger partial charge in [-0.05, 0) is 73.0 Å². The number of ether oxygens (including phenoxy) is 1. The highest BCUT2D eigenvalue weighted by molar-refractivity contribution is 6.36. The number of unbranched alkanes of at least 4 members (excludes halogenated alkanes) is 1. The maximum Gasteiger partial charge on any atom is 0.335 e. The van der Waals surface area contributed by atoms with Gasteiger partial charge in [0.1, 0.15) is 17.3 Å². The quantitative estimate of drug-likeness (QED) is 0.147. The van der Waals surface area contributed by atoms with E-state index < -0.39 is 12.0 Å². The van der Waals surface area contributed by atoms with E-state index in [0.29, 0.717) is 46.0 Å². The van der Waals surface area contributed by atoms with Crippen LogP contribution in [0.15, 0.2) is 72.9 Å². The molecule has 0 bridgehead atoms. The first-order valence-corrected chi connectivity index (χ1v) is 15.4. The molecule has 2 amide bonds. The molecule has 0 unspecified atom stereocenters. The molecule has 11 heteroatoms. The van der Waals surface area contributed by atoms with Crippen molar-refractivity contribution in [1.29, 1.82) is 0 Å². The van der Waals surface area contributed by atoms with Gasteiger partial charge < -0.3 is 24.6 Å². The van der Waals surface area contributed by atoms with Gasteiger partial charge >= 0.3 is 5.97 Å². The Kier molecular flexibility index (Phi) is 11.6. The fourth-order valence-corrected chi connectivity index (χ4v) is 5.20. The second-order valence-electron chi connectivity index (χ2n) is 10.8. The lowest BCUT2D eigenvalue weighted by Crippen LogP contribution is -2.33. The van der Waals surface area contributed by atoms with E-state index in [0.717, 1.165) is 24.0 Å². The van der Waals surface area contributed by atoms with Gasteiger partial charge in [-0.3, -0.25) is 9.59 Å². The highest BCUT2D eigenvalue weighted by Gasteiger charge is 2.23. The van der Waals surface area contributed by atoms with Gasteiger partial charge in [-0.25, -0.2) is 9.78 Å². The number of hydrogen-bond donors (Lipinski definition) is 2. The smallest absolute Gasteiger partial charge is 0.335 e. The molecule has 4 rings (SSSR count). The molecule has 0 spiro atoms. The largest absolute Gasteiger partial charge is 0.478 e. The molecule has 0 saturated carbocycles. The second kappa shape index (κ2) is 15.6. The average molecular weight is 652 g/mol. The molecule has 3 aromatic carbocycles. The molecular weight excluding hydrogens is 615 g/mol. The van der Waals surface area contributed by atoms with Crippen LogP contribution in [0.1, 0.15) is 60.4 Å². The first-order valence-electron chi connectivity index (χ1n) is 14.7. The molecule has 1 aromatic heterocycles. The van der Waals surface area contributed by atoms with Crippen LogP contribution in [0.5, 0.6) is 11.5 Å². The normalized spacial score (nSPS) is 11.6. The molecule has 0 saturated heterocycles. The number of aromatic carboxylic acids is 1. The van der Waals surface area contributed by atoms with E-state index in [1.165, 1.54) is 17.0 Å². The van der Waals surface area contributed by atoms with E-state index in [1.807, 2.05) is 36.5 Å². The number of carboxylic acids is 1. The van der Waals surface area contributed by atoms with Crippen molar-refractivity contribution in [3.05, 3.63) is 99.9 Å². The Bertz CT molecular complexity index is 1640. The van der Waals surface area contributed by atoms with Crippen LogP contribution in [0.25, 0.3) is 11.3 Å². The topological polar surface area (TPSA) is 114 Å². The number of halogens is 2. The Balaban J connectivity index is 1.62. The number of rotatable bonds is 14. The Morgan fingerprint density at radius 3 is 2.24 bits per heavy atom. The third kappa shape index (κ3) is 9.33. The van der Waals surface area contributed by atoms with Gasteiger partial charge in [0.15, 0.2) is 0 Å². The number of aromatic nitrogens is 2. The summed E-state index contributed by atoms with van der Waals surface area (Å²) in [5, 5.41) is 13.2. The maximum atomic E-state index is 13.1. The van der Waals surface area contributed by atoms with E-state index >= 15 is 0 Å². The first-order chi connectivity index (χ1) is 21.5. The summed E-state index contributed by atoms with van der Waals surface area (Å²) in [5.41, 5.74) is 2.50. The number of carbonyl (C=O) groups excluding carboxylic acids is 2. The summed E-state index contributed by atoms with van der Waals surface area (Å²) < 4.78 is 7.95. The van der Waals surface area contributed by atoms with Gasteiger partial charge in [-0.1, -0.05) is 48.7 Å². The first kappa shape index (κ1) is 33.6. The van der Waals surface area contributed by atoms with E-state index in [2.05, 4.69) is 16.8 Å². The summed E-state index contributed by atoms with van der Waals surface area (Å²) in [7, 11) is 3.32. The van der Waals surface area contributed by atoms with Crippen molar-refractivity contribution in [1.82, 2.24) is 19.8 Å². The highest BCUT2D eigenvalue weighted by atomic mass is 35.5. The zero-order valence-corrected chi connectivity index (χ0v) is 26.9. The number of imidazole rings is 1. The summed E-state index contributed by atoms with van der Waals surface area (Å²) >= 11 is 12.7. The lowest BCUT2D eigenvalue weighted by atomic mass is 10.0. The third-order valence-electron chi connectivity index (χ3n) is 7.18. The van der Waals surface area contributed by atoms with E-state index in [-0.39, 0.29) is 30.2 Å². The molecule has 0 aliphatic rings. The minimum Gasteiger partial charge on any atom is -0.478 e. The molecule has 0 aliphatic heterocycles. The second-order valence-corrected chi connectivity index (χ2v) is 11.7. The number of nitrogens with one attached hydrogen (secondary N) is 1. The summed E-state index contributed by atoms with van der Waals surface area (Å²) in [6.45, 7) is 2.81. The number of hydrogen-bond acceptors (Lipinski definition) is 5. The number of amides is 2. The van der Waals surface area contributed by atoms with Crippen LogP contribution in [0, 0.1) is 0 Å². The van der Waals surface area contributed by atoms with Crippen LogP contribution in [-0.2, 0) is 22.6 Å². The summed E-state index contributed by atoms with van der Waals surface area (Å²) in [6, 6.07) is 18.4. The SMILES string of the molecule is CCCCn1cc(-c2ccc(Cl)cc2Cl)nc1[C@H](Cc1ccc(Oc2ccc(C(=O)O)cc2)cc1)NC(=O)CCC(=O)N(C)C. The molecule has 2 N–H and O–H groups in total. The molecule has 236 valence electrons. The van der Waals surface area contributed by atoms with Crippen molar-refractivity contribution in [3.8, 4) is 22.8 Å². The lowest BCUT2D eigenvalue weighted by molar-refractivity contribution is -0.131. The number of nitrogens with zero attached hydrogens (tertiary/aromatic N) is 3. The zero-order chi connectivity index (χ0) is 32.5. The van der Waals surface area contributed by atoms with Crippen molar-refractivity contribution in [2.75, 3.05) is 14.1 Å². The number of carbonyl (C=O) groups is 3. The van der Waals surface area contributed by atoms with E-state index in [9.17, 15) is 14.4 Å². The molecule has 0 radical (unpaired) electrons. The van der Waals surface area contributed by atoms with Crippen LogP contribution in [-0.4, -0.2) is 51.4 Å². The maximum absolute atomic E-state index is 13.1. The predicted octanol–water partition coefficient (Wildman–Crippen LogP) is 7.42. The minimum atomic E-state index is -1.00. The molecule has 0 fully saturated rings. The minimum absolute atomic E-state index is 0.0481. The molecule has 0 aliphatic carbocycles. The molecular formula is C34H36Cl2N4O5. The van der Waals surface area contributed by atoms with Crippen LogP contribution < -0.4 is 10.1 Å². The van der Waals surface area contributed by atoms with Crippen molar-refractivity contribution in [2.45, 2.75) is 51.6 Å². The summed E-state index contributed by atoms with van der Waals surface area (Å²) in [6.07, 6.45) is 4.40. The third-order valence-corrected chi connectivity index (χ3v) is 7.73. The Labute approximate surface area is 272 Å². The molecule has 4 aromatic rings. The van der Waals surface area contributed by atoms with Crippen LogP contribution in [0.4, 0.5) is 0 Å². The molecule has 45 heavy (non-hydrogen) atoms. The fourth-order valence-electron chi connectivity index (χ4n) is 4.69. The van der Waals surface area contributed by atoms with Gasteiger partial charge in [0.25, 0.3) is 0 Å². The fraction of sp³-hybridized carbons (Fsp3) is 0.294. The van der Waals surface area contributed by atoms with Gasteiger partial charge in [0.2, 0.25) is 11.8 Å². The van der Waals surface area contributed by atoms with E-state index in [4.69, 9.17) is 38.0 Å². The predicted molar refractivity (Wildman–Crippen MR) is 175 cm³/mol. The van der Waals surface area contributed by atoms with Crippen molar-refractivity contribution >= 4 is 41.0 Å². The van der Waals surface area contributed by atoms with Gasteiger partial charge in [0, 0.05) is 50.3 Å². The average Bonchev–Trinajstić information content (AvgIpc) is 3.43. The van der Waals surface area contributed by atoms with Crippen LogP contribution >= 0.6 is 23.2 Å². The lowest BCUT2D eigenvalue weighted by Gasteiger charge is -2.21. The standard InChI is InChI=1S/C34H36Cl2N4O5/c1-4-5-18-40-21-30(27-15-10-24(35)20-28(27)36)38-33(40)29(37-31(41)16-17-32(42)39(2)3)19-22-6-11-25(12-7-22)45-26-13-8-23(9-14-26)34(43)44/h6-15,20-21,29H,4-5,16-19H2,1-3H3,(H,37,41)(H,43,44)/t29-/m0/s1. The summed E-state index contributed by atoms with van der Waals surface area (Å²) in [4.78, 5) is 42.9. The van der Waals surface area contributed by atoms with Crippen molar-refractivity contribution in [3.63, 3.8) is 0 Å². The van der Waals surface area contributed by atoms with Crippen molar-refractivity contribution < 1.29 is 24.2 Å². The van der Waals surface area contributed by atoms with Crippen molar-refractivity contribution in [2.24, 2.45) is 0 Å². The van der Waals surface area contributed by atoms with Gasteiger partial charge in [-0.2, -0.15) is 0 Å². The highest BCUT2D eigenvalue weighted by Crippen LogP contribution is 2.32. The van der Waals surface area contributed by atoms with E-state index in [1.54, 1.807) is 38.4 Å². The Morgan fingerprint density at radius 1 is 0.978 bits per heavy atom. The number of carboxylic acid groups (broad SMARTS) is 1. The zero-order valence-electron chi connectivity index (χ0n) is 25.4. The van der Waals surface area contributed by atoms with Gasteiger partial charge in [0.05, 0.1) is 22.3 Å². The Hall–Kier alpha value is -4.34. The molecule has 9 nitrogen and oxygen atoms in total. The molecule has 1 atom stereocenters. The van der Waals surface area contributed by atoms with Gasteiger partial charge in [-0.15, -0.1) is 0 Å². The number of benzene rings is 3. The van der Waals surface area contributed by atoms with Crippen LogP contribution in [0.2, 0.25) is 10.0 Å². The number of aryl methyl sites for hydroxylation is 1. The Morgan fingerprint density at radius 2 is 1.64 bits per heavy atom.